The fraction of sp³-hybridized carbons (Fsp3) is 0.364. The summed E-state index contributed by atoms with van der Waals surface area (Å²) >= 11 is 0. The molecule has 6 heteroatoms. The van der Waals surface area contributed by atoms with Gasteiger partial charge in [-0.3, -0.25) is 10.1 Å². The van der Waals surface area contributed by atoms with Crippen LogP contribution in [0.1, 0.15) is 6.42 Å². The number of nitro benzene ring substituents is 1. The summed E-state index contributed by atoms with van der Waals surface area (Å²) in [5, 5.41) is 10.7. The molecule has 0 N–H and O–H groups in total. The molecule has 2 rings (SSSR count). The summed E-state index contributed by atoms with van der Waals surface area (Å²) in [5.41, 5.74) is 0.619. The number of nitrogens with zero attached hydrogens (tertiary/aromatic N) is 2. The maximum atomic E-state index is 10.7. The number of ether oxygens (including phenoxy) is 1. The van der Waals surface area contributed by atoms with Crippen molar-refractivity contribution >= 4 is 17.7 Å². The number of aldehydes is 1. The largest absolute Gasteiger partial charge is 0.491 e. The highest BCUT2D eigenvalue weighted by Crippen LogP contribution is 2.33. The molecule has 6 nitrogen and oxygen atoms in total. The highest BCUT2D eigenvalue weighted by Gasteiger charge is 2.19. The summed E-state index contributed by atoms with van der Waals surface area (Å²) in [6.45, 7) is 1.44. The van der Waals surface area contributed by atoms with Crippen molar-refractivity contribution in [3.05, 3.63) is 28.3 Å². The fourth-order valence-corrected chi connectivity index (χ4v) is 1.83. The van der Waals surface area contributed by atoms with Gasteiger partial charge in [-0.15, -0.1) is 0 Å². The molecule has 1 aromatic rings. The molecule has 0 saturated carbocycles. The summed E-state index contributed by atoms with van der Waals surface area (Å²) in [4.78, 5) is 22.7. The number of benzene rings is 1. The zero-order valence-electron chi connectivity index (χ0n) is 9.17. The van der Waals surface area contributed by atoms with Crippen LogP contribution in [0.25, 0.3) is 0 Å². The summed E-state index contributed by atoms with van der Waals surface area (Å²) in [5.74, 6) is 0.593. The van der Waals surface area contributed by atoms with Crippen molar-refractivity contribution in [2.24, 2.45) is 0 Å². The van der Waals surface area contributed by atoms with E-state index >= 15 is 0 Å². The van der Waals surface area contributed by atoms with Gasteiger partial charge >= 0.3 is 0 Å². The Morgan fingerprint density at radius 2 is 2.35 bits per heavy atom. The number of anilines is 1. The van der Waals surface area contributed by atoms with Crippen molar-refractivity contribution in [1.82, 2.24) is 0 Å². The molecule has 0 aliphatic carbocycles. The molecule has 0 saturated heterocycles. The third kappa shape index (κ3) is 2.35. The molecule has 0 unspecified atom stereocenters. The molecule has 0 radical (unpaired) electrons. The molecule has 0 aromatic heterocycles. The van der Waals surface area contributed by atoms with E-state index < -0.39 is 4.92 Å². The Balaban J connectivity index is 2.41. The normalized spacial score (nSPS) is 14.5. The highest BCUT2D eigenvalue weighted by molar-refractivity contribution is 5.68. The molecule has 1 aliphatic rings. The average Bonchev–Trinajstić information content (AvgIpc) is 2.52. The Kier molecular flexibility index (Phi) is 3.22. The van der Waals surface area contributed by atoms with Gasteiger partial charge in [-0.2, -0.15) is 0 Å². The van der Waals surface area contributed by atoms with Crippen LogP contribution in [-0.2, 0) is 4.79 Å². The Hall–Kier alpha value is -2.11. The standard InChI is InChI=1S/C11H12N2O4/c14-6-5-12-4-1-7-17-11-3-2-9(13(15)16)8-10(11)12/h2-3,6,8H,1,4-5,7H2. The predicted octanol–water partition coefficient (Wildman–Crippen LogP) is 1.38. The summed E-state index contributed by atoms with van der Waals surface area (Å²) in [6, 6.07) is 4.43. The van der Waals surface area contributed by atoms with Gasteiger partial charge in [-0.1, -0.05) is 0 Å². The number of carbonyl (C=O) groups excluding carboxylic acids is 1. The monoisotopic (exact) mass is 236 g/mol. The predicted molar refractivity (Wildman–Crippen MR) is 61.5 cm³/mol. The van der Waals surface area contributed by atoms with Crippen molar-refractivity contribution in [3.8, 4) is 5.75 Å². The zero-order chi connectivity index (χ0) is 12.3. The van der Waals surface area contributed by atoms with E-state index in [0.717, 1.165) is 12.7 Å². The van der Waals surface area contributed by atoms with Crippen molar-refractivity contribution in [3.63, 3.8) is 0 Å². The van der Waals surface area contributed by atoms with E-state index in [1.807, 2.05) is 0 Å². The molecule has 0 fully saturated rings. The Labute approximate surface area is 97.9 Å². The summed E-state index contributed by atoms with van der Waals surface area (Å²) < 4.78 is 5.48. The first-order chi connectivity index (χ1) is 8.22. The third-order valence-corrected chi connectivity index (χ3v) is 2.62. The second-order valence-electron chi connectivity index (χ2n) is 3.72. The first-order valence-corrected chi connectivity index (χ1v) is 5.32. The number of fused-ring (bicyclic) bond motifs is 1. The lowest BCUT2D eigenvalue weighted by atomic mass is 10.2. The number of hydrogen-bond donors (Lipinski definition) is 0. The lowest BCUT2D eigenvalue weighted by Crippen LogP contribution is -2.25. The molecule has 0 bridgehead atoms. The van der Waals surface area contributed by atoms with Gasteiger partial charge in [-0.25, -0.2) is 0 Å². The van der Waals surface area contributed by atoms with Crippen LogP contribution in [0.4, 0.5) is 11.4 Å². The van der Waals surface area contributed by atoms with Gasteiger partial charge in [0.15, 0.2) is 0 Å². The lowest BCUT2D eigenvalue weighted by Gasteiger charge is -2.20. The van der Waals surface area contributed by atoms with Crippen LogP contribution in [0, 0.1) is 10.1 Å². The highest BCUT2D eigenvalue weighted by atomic mass is 16.6. The maximum Gasteiger partial charge on any atom is 0.271 e. The van der Waals surface area contributed by atoms with Gasteiger partial charge in [0.2, 0.25) is 0 Å². The average molecular weight is 236 g/mol. The molecular formula is C11H12N2O4. The van der Waals surface area contributed by atoms with E-state index in [-0.39, 0.29) is 12.2 Å². The minimum absolute atomic E-state index is 0.00477. The number of rotatable bonds is 3. The van der Waals surface area contributed by atoms with Crippen molar-refractivity contribution in [1.29, 1.82) is 0 Å². The SMILES string of the molecule is O=CCN1CCCOc2ccc([N+](=O)[O-])cc21. The summed E-state index contributed by atoms with van der Waals surface area (Å²) in [6.07, 6.45) is 1.57. The van der Waals surface area contributed by atoms with Crippen LogP contribution in [0.15, 0.2) is 18.2 Å². The van der Waals surface area contributed by atoms with Crippen LogP contribution in [0.2, 0.25) is 0 Å². The molecule has 90 valence electrons. The van der Waals surface area contributed by atoms with Gasteiger partial charge < -0.3 is 14.4 Å². The Bertz CT molecular complexity index is 447. The van der Waals surface area contributed by atoms with Crippen LogP contribution >= 0.6 is 0 Å². The Morgan fingerprint density at radius 1 is 1.53 bits per heavy atom. The molecule has 0 atom stereocenters. The smallest absolute Gasteiger partial charge is 0.271 e. The molecule has 17 heavy (non-hydrogen) atoms. The zero-order valence-corrected chi connectivity index (χ0v) is 9.17. The molecule has 0 amide bonds. The van der Waals surface area contributed by atoms with Crippen molar-refractivity contribution in [2.45, 2.75) is 6.42 Å². The first kappa shape index (κ1) is 11.4. The van der Waals surface area contributed by atoms with E-state index in [4.69, 9.17) is 4.74 Å². The number of hydrogen-bond acceptors (Lipinski definition) is 5. The number of carbonyl (C=O) groups is 1. The molecule has 1 heterocycles. The van der Waals surface area contributed by atoms with Crippen LogP contribution < -0.4 is 9.64 Å². The molecule has 1 aromatic carbocycles. The van der Waals surface area contributed by atoms with E-state index in [9.17, 15) is 14.9 Å². The van der Waals surface area contributed by atoms with E-state index in [0.29, 0.717) is 24.6 Å². The number of nitro groups is 1. The Morgan fingerprint density at radius 3 is 3.06 bits per heavy atom. The van der Waals surface area contributed by atoms with E-state index in [1.165, 1.54) is 12.1 Å². The molecule has 0 spiro atoms. The quantitative estimate of drug-likeness (QED) is 0.450. The minimum atomic E-state index is -0.454. The minimum Gasteiger partial charge on any atom is -0.491 e. The van der Waals surface area contributed by atoms with Crippen LogP contribution in [0.3, 0.4) is 0 Å². The summed E-state index contributed by atoms with van der Waals surface area (Å²) in [7, 11) is 0. The lowest BCUT2D eigenvalue weighted by molar-refractivity contribution is -0.384. The van der Waals surface area contributed by atoms with E-state index in [2.05, 4.69) is 0 Å². The van der Waals surface area contributed by atoms with Gasteiger partial charge in [0.05, 0.1) is 23.8 Å². The third-order valence-electron chi connectivity index (χ3n) is 2.62. The second kappa shape index (κ2) is 4.82. The van der Waals surface area contributed by atoms with Gasteiger partial charge in [-0.05, 0) is 12.5 Å². The topological polar surface area (TPSA) is 72.7 Å². The van der Waals surface area contributed by atoms with Gasteiger partial charge in [0.25, 0.3) is 5.69 Å². The van der Waals surface area contributed by atoms with Crippen molar-refractivity contribution in [2.75, 3.05) is 24.6 Å². The second-order valence-corrected chi connectivity index (χ2v) is 3.72. The van der Waals surface area contributed by atoms with Crippen molar-refractivity contribution < 1.29 is 14.5 Å². The maximum absolute atomic E-state index is 10.7. The fourth-order valence-electron chi connectivity index (χ4n) is 1.83. The van der Waals surface area contributed by atoms with E-state index in [1.54, 1.807) is 11.0 Å². The first-order valence-electron chi connectivity index (χ1n) is 5.32. The van der Waals surface area contributed by atoms with Crippen LogP contribution in [0.5, 0.6) is 5.75 Å². The molecular weight excluding hydrogens is 224 g/mol. The van der Waals surface area contributed by atoms with Gasteiger partial charge in [0.1, 0.15) is 12.0 Å². The van der Waals surface area contributed by atoms with Crippen LogP contribution in [-0.4, -0.2) is 30.9 Å². The molecule has 1 aliphatic heterocycles. The number of non-ortho nitro benzene ring substituents is 1. The van der Waals surface area contributed by atoms with Gasteiger partial charge in [0, 0.05) is 18.7 Å².